The second kappa shape index (κ2) is 4.32. The minimum absolute atomic E-state index is 0.201. The summed E-state index contributed by atoms with van der Waals surface area (Å²) < 4.78 is 31.3. The molecule has 0 aliphatic heterocycles. The summed E-state index contributed by atoms with van der Waals surface area (Å²) in [6.45, 7) is 5.39. The van der Waals surface area contributed by atoms with Crippen molar-refractivity contribution in [1.82, 2.24) is 9.88 Å². The first-order valence-electron chi connectivity index (χ1n) is 5.81. The maximum Gasteiger partial charge on any atom is 0.217 e. The van der Waals surface area contributed by atoms with E-state index in [-0.39, 0.29) is 11.8 Å². The molecule has 2 atom stereocenters. The number of hydrogen-bond donors (Lipinski definition) is 2. The van der Waals surface area contributed by atoms with Gasteiger partial charge >= 0.3 is 0 Å². The van der Waals surface area contributed by atoms with Crippen LogP contribution in [-0.4, -0.2) is 30.8 Å². The van der Waals surface area contributed by atoms with Gasteiger partial charge in [-0.05, 0) is 13.3 Å². The fraction of sp³-hybridized carbons (Fsp3) is 0.727. The number of aromatic nitrogens is 1. The van der Waals surface area contributed by atoms with Crippen molar-refractivity contribution in [2.24, 2.45) is 5.41 Å². The summed E-state index contributed by atoms with van der Waals surface area (Å²) in [5.41, 5.74) is -0.0371. The van der Waals surface area contributed by atoms with Crippen LogP contribution in [0.1, 0.15) is 31.7 Å². The lowest BCUT2D eigenvalue weighted by Crippen LogP contribution is -2.61. The molecule has 2 rings (SSSR count). The molecular formula is C11H18N2O4S. The van der Waals surface area contributed by atoms with Crippen molar-refractivity contribution in [2.75, 3.05) is 0 Å². The topological polar surface area (TPSA) is 92.4 Å². The highest BCUT2D eigenvalue weighted by atomic mass is 32.2. The summed E-state index contributed by atoms with van der Waals surface area (Å²) in [5.74, 6) is 0.382. The van der Waals surface area contributed by atoms with E-state index in [4.69, 9.17) is 4.52 Å². The van der Waals surface area contributed by atoms with E-state index < -0.39 is 21.5 Å². The van der Waals surface area contributed by atoms with Gasteiger partial charge in [0.25, 0.3) is 0 Å². The van der Waals surface area contributed by atoms with Gasteiger partial charge in [-0.25, -0.2) is 13.1 Å². The molecule has 1 heterocycles. The number of aliphatic hydroxyl groups excluding tert-OH is 1. The second-order valence-electron chi connectivity index (χ2n) is 5.43. The largest absolute Gasteiger partial charge is 0.392 e. The second-order valence-corrected chi connectivity index (χ2v) is 7.19. The molecule has 1 aromatic rings. The Balaban J connectivity index is 2.01. The number of nitrogens with one attached hydrogen (secondary N) is 1. The van der Waals surface area contributed by atoms with Crippen LogP contribution in [0, 0.1) is 12.3 Å². The summed E-state index contributed by atoms with van der Waals surface area (Å²) in [7, 11) is -3.46. The van der Waals surface area contributed by atoms with Gasteiger partial charge in [0.05, 0.1) is 6.10 Å². The summed E-state index contributed by atoms with van der Waals surface area (Å²) in [4.78, 5) is 0. The number of aryl methyl sites for hydroxylation is 1. The molecule has 1 fully saturated rings. The van der Waals surface area contributed by atoms with Crippen LogP contribution in [0.5, 0.6) is 0 Å². The minimum Gasteiger partial charge on any atom is -0.392 e. The van der Waals surface area contributed by atoms with E-state index in [1.807, 2.05) is 13.8 Å². The standard InChI is InChI=1S/C11H18N2O4S/c1-7-4-8(12-17-7)6-18(15,16)13-9-5-10(14)11(9,2)3/h4,9-10,13-14H,5-6H2,1-3H3. The van der Waals surface area contributed by atoms with Gasteiger partial charge in [-0.3, -0.25) is 0 Å². The fourth-order valence-corrected chi connectivity index (χ4v) is 3.48. The van der Waals surface area contributed by atoms with Gasteiger partial charge < -0.3 is 9.63 Å². The molecular weight excluding hydrogens is 256 g/mol. The average molecular weight is 274 g/mol. The minimum atomic E-state index is -3.46. The molecule has 0 radical (unpaired) electrons. The van der Waals surface area contributed by atoms with Crippen LogP contribution in [0.4, 0.5) is 0 Å². The smallest absolute Gasteiger partial charge is 0.217 e. The van der Waals surface area contributed by atoms with Crippen molar-refractivity contribution in [3.63, 3.8) is 0 Å². The maximum absolute atomic E-state index is 11.9. The number of rotatable bonds is 4. The number of nitrogens with zero attached hydrogens (tertiary/aromatic N) is 1. The van der Waals surface area contributed by atoms with Gasteiger partial charge in [0, 0.05) is 17.5 Å². The van der Waals surface area contributed by atoms with Crippen LogP contribution in [-0.2, 0) is 15.8 Å². The van der Waals surface area contributed by atoms with E-state index in [1.165, 1.54) is 0 Å². The molecule has 0 aromatic carbocycles. The molecule has 2 N–H and O–H groups in total. The van der Waals surface area contributed by atoms with Crippen LogP contribution in [0.3, 0.4) is 0 Å². The fourth-order valence-electron chi connectivity index (χ4n) is 2.04. The molecule has 7 heteroatoms. The molecule has 2 unspecified atom stereocenters. The van der Waals surface area contributed by atoms with Crippen LogP contribution >= 0.6 is 0 Å². The van der Waals surface area contributed by atoms with Gasteiger partial charge in [-0.15, -0.1) is 0 Å². The third-order valence-electron chi connectivity index (χ3n) is 3.55. The first-order valence-corrected chi connectivity index (χ1v) is 7.46. The van der Waals surface area contributed by atoms with E-state index in [0.29, 0.717) is 17.9 Å². The number of aliphatic hydroxyl groups is 1. The third kappa shape index (κ3) is 2.57. The highest BCUT2D eigenvalue weighted by Crippen LogP contribution is 2.40. The monoisotopic (exact) mass is 274 g/mol. The Hall–Kier alpha value is -0.920. The van der Waals surface area contributed by atoms with Crippen LogP contribution in [0.2, 0.25) is 0 Å². The normalized spacial score (nSPS) is 26.9. The summed E-state index contributed by atoms with van der Waals surface area (Å²) in [5, 5.41) is 13.2. The SMILES string of the molecule is Cc1cc(CS(=O)(=O)NC2CC(O)C2(C)C)no1. The molecule has 1 aliphatic rings. The molecule has 1 aromatic heterocycles. The Bertz CT molecular complexity index is 535. The van der Waals surface area contributed by atoms with Crippen molar-refractivity contribution in [2.45, 2.75) is 45.1 Å². The van der Waals surface area contributed by atoms with Gasteiger partial charge in [-0.2, -0.15) is 0 Å². The lowest BCUT2D eigenvalue weighted by molar-refractivity contribution is -0.0645. The third-order valence-corrected chi connectivity index (χ3v) is 4.87. The lowest BCUT2D eigenvalue weighted by atomic mass is 9.65. The van der Waals surface area contributed by atoms with Gasteiger partial charge in [-0.1, -0.05) is 19.0 Å². The zero-order chi connectivity index (χ0) is 13.6. The quantitative estimate of drug-likeness (QED) is 0.837. The number of hydrogen-bond acceptors (Lipinski definition) is 5. The molecule has 0 saturated heterocycles. The van der Waals surface area contributed by atoms with Gasteiger partial charge in [0.15, 0.2) is 0 Å². The molecule has 6 nitrogen and oxygen atoms in total. The van der Waals surface area contributed by atoms with Crippen molar-refractivity contribution in [3.05, 3.63) is 17.5 Å². The first-order chi connectivity index (χ1) is 8.21. The maximum atomic E-state index is 11.9. The summed E-state index contributed by atoms with van der Waals surface area (Å²) in [6, 6.07) is 1.37. The van der Waals surface area contributed by atoms with Crippen molar-refractivity contribution in [3.8, 4) is 0 Å². The Morgan fingerprint density at radius 2 is 2.28 bits per heavy atom. The Morgan fingerprint density at radius 1 is 1.61 bits per heavy atom. The Kier molecular flexibility index (Phi) is 3.25. The van der Waals surface area contributed by atoms with Gasteiger partial charge in [0.2, 0.25) is 10.0 Å². The van der Waals surface area contributed by atoms with Crippen LogP contribution < -0.4 is 4.72 Å². The highest BCUT2D eigenvalue weighted by molar-refractivity contribution is 7.88. The predicted molar refractivity (Wildman–Crippen MR) is 65.2 cm³/mol. The van der Waals surface area contributed by atoms with Crippen molar-refractivity contribution < 1.29 is 18.0 Å². The zero-order valence-corrected chi connectivity index (χ0v) is 11.5. The van der Waals surface area contributed by atoms with E-state index in [2.05, 4.69) is 9.88 Å². The van der Waals surface area contributed by atoms with E-state index >= 15 is 0 Å². The zero-order valence-electron chi connectivity index (χ0n) is 10.7. The van der Waals surface area contributed by atoms with Crippen LogP contribution in [0.25, 0.3) is 0 Å². The van der Waals surface area contributed by atoms with E-state index in [0.717, 1.165) is 0 Å². The Labute approximate surface area is 106 Å². The molecule has 0 bridgehead atoms. The van der Waals surface area contributed by atoms with Crippen molar-refractivity contribution in [1.29, 1.82) is 0 Å². The molecule has 1 aliphatic carbocycles. The molecule has 1 saturated carbocycles. The lowest BCUT2D eigenvalue weighted by Gasteiger charge is -2.49. The molecule has 0 spiro atoms. The molecule has 102 valence electrons. The Morgan fingerprint density at radius 3 is 2.72 bits per heavy atom. The highest BCUT2D eigenvalue weighted by Gasteiger charge is 2.48. The van der Waals surface area contributed by atoms with Crippen molar-refractivity contribution >= 4 is 10.0 Å². The van der Waals surface area contributed by atoms with Crippen LogP contribution in [0.15, 0.2) is 10.6 Å². The number of sulfonamides is 1. The van der Waals surface area contributed by atoms with Gasteiger partial charge in [0.1, 0.15) is 17.2 Å². The summed E-state index contributed by atoms with van der Waals surface area (Å²) >= 11 is 0. The molecule has 0 amide bonds. The average Bonchev–Trinajstić information content (AvgIpc) is 2.62. The predicted octanol–water partition coefficient (Wildman–Crippen LogP) is 0.562. The summed E-state index contributed by atoms with van der Waals surface area (Å²) in [6.07, 6.45) is -0.0103. The van der Waals surface area contributed by atoms with E-state index in [1.54, 1.807) is 13.0 Å². The molecule has 18 heavy (non-hydrogen) atoms. The van der Waals surface area contributed by atoms with E-state index in [9.17, 15) is 13.5 Å². The first kappa shape index (κ1) is 13.5.